The maximum atomic E-state index is 11.0. The van der Waals surface area contributed by atoms with Crippen molar-refractivity contribution in [3.63, 3.8) is 0 Å². The smallest absolute Gasteiger partial charge is 0.305 e. The fourth-order valence-electron chi connectivity index (χ4n) is 1.88. The fraction of sp³-hybridized carbons (Fsp3) is 0.385. The van der Waals surface area contributed by atoms with E-state index in [0.29, 0.717) is 22.8 Å². The van der Waals surface area contributed by atoms with Crippen LogP contribution in [0.15, 0.2) is 17.1 Å². The van der Waals surface area contributed by atoms with Crippen LogP contribution in [0.4, 0.5) is 0 Å². The molecule has 0 amide bonds. The van der Waals surface area contributed by atoms with Gasteiger partial charge in [0.1, 0.15) is 0 Å². The van der Waals surface area contributed by atoms with Gasteiger partial charge in [-0.1, -0.05) is 0 Å². The number of nitrogens with zero attached hydrogens (tertiary/aromatic N) is 1. The van der Waals surface area contributed by atoms with E-state index < -0.39 is 12.0 Å². The van der Waals surface area contributed by atoms with Crippen molar-refractivity contribution in [2.24, 2.45) is 16.5 Å². The van der Waals surface area contributed by atoms with Gasteiger partial charge in [0.25, 0.3) is 0 Å². The average Bonchev–Trinajstić information content (AvgIpc) is 2.43. The van der Waals surface area contributed by atoms with Crippen molar-refractivity contribution in [1.29, 1.82) is 0 Å². The molecule has 0 aliphatic rings. The summed E-state index contributed by atoms with van der Waals surface area (Å²) in [6, 6.07) is 2.48. The molecule has 0 heterocycles. The maximum Gasteiger partial charge on any atom is 0.305 e. The van der Waals surface area contributed by atoms with Crippen LogP contribution in [0.5, 0.6) is 17.2 Å². The van der Waals surface area contributed by atoms with Crippen LogP contribution in [-0.2, 0) is 4.79 Å². The lowest BCUT2D eigenvalue weighted by molar-refractivity contribution is -0.137. The number of nitrogens with two attached hydrogens (primary N) is 2. The van der Waals surface area contributed by atoms with Crippen molar-refractivity contribution in [2.75, 3.05) is 21.3 Å². The van der Waals surface area contributed by atoms with Gasteiger partial charge in [-0.15, -0.1) is 0 Å². The van der Waals surface area contributed by atoms with E-state index in [9.17, 15) is 4.79 Å². The van der Waals surface area contributed by atoms with Crippen molar-refractivity contribution in [3.05, 3.63) is 17.7 Å². The second-order valence-electron chi connectivity index (χ2n) is 4.13. The summed E-state index contributed by atoms with van der Waals surface area (Å²) in [7, 11) is 4.41. The van der Waals surface area contributed by atoms with Gasteiger partial charge >= 0.3 is 5.97 Å². The monoisotopic (exact) mass is 297 g/mol. The molecule has 0 aromatic heterocycles. The number of carboxylic acids is 1. The highest BCUT2D eigenvalue weighted by Gasteiger charge is 2.20. The van der Waals surface area contributed by atoms with Crippen LogP contribution in [-0.4, -0.2) is 38.4 Å². The van der Waals surface area contributed by atoms with E-state index in [1.807, 2.05) is 0 Å². The summed E-state index contributed by atoms with van der Waals surface area (Å²) in [6.45, 7) is 0. The Morgan fingerprint density at radius 1 is 1.19 bits per heavy atom. The van der Waals surface area contributed by atoms with E-state index in [4.69, 9.17) is 30.8 Å². The Labute approximate surface area is 122 Å². The van der Waals surface area contributed by atoms with Crippen LogP contribution in [0, 0.1) is 0 Å². The van der Waals surface area contributed by atoms with Gasteiger partial charge in [-0.05, 0) is 17.7 Å². The third-order valence-corrected chi connectivity index (χ3v) is 2.74. The molecule has 0 radical (unpaired) electrons. The Morgan fingerprint density at radius 2 is 1.71 bits per heavy atom. The number of ether oxygens (including phenoxy) is 3. The molecule has 0 fully saturated rings. The first-order valence-electron chi connectivity index (χ1n) is 6.03. The second-order valence-corrected chi connectivity index (χ2v) is 4.13. The summed E-state index contributed by atoms with van der Waals surface area (Å²) in [5.74, 6) is -0.0302. The standard InChI is InChI=1S/C13H19N3O5/c1-19-9-4-7(5-10(20-2)12(9)21-3)8(6-11(17)18)16-13(14)15/h4-5,8H,6H2,1-3H3,(H,17,18)(H4,14,15,16). The lowest BCUT2D eigenvalue weighted by Crippen LogP contribution is -2.24. The number of carboxylic acid groups (broad SMARTS) is 1. The van der Waals surface area contributed by atoms with Crippen LogP contribution in [0.25, 0.3) is 0 Å². The van der Waals surface area contributed by atoms with Crippen LogP contribution in [0.2, 0.25) is 0 Å². The molecule has 0 aliphatic heterocycles. The van der Waals surface area contributed by atoms with Crippen LogP contribution in [0.3, 0.4) is 0 Å². The number of carbonyl (C=O) groups is 1. The van der Waals surface area contributed by atoms with E-state index in [2.05, 4.69) is 4.99 Å². The molecule has 1 atom stereocenters. The van der Waals surface area contributed by atoms with Gasteiger partial charge in [-0.2, -0.15) is 0 Å². The molecule has 0 saturated heterocycles. The van der Waals surface area contributed by atoms with Crippen molar-refractivity contribution in [2.45, 2.75) is 12.5 Å². The number of benzene rings is 1. The summed E-state index contributed by atoms with van der Waals surface area (Å²) < 4.78 is 15.6. The number of guanidine groups is 1. The fourth-order valence-corrected chi connectivity index (χ4v) is 1.88. The summed E-state index contributed by atoms with van der Waals surface area (Å²) in [4.78, 5) is 14.9. The number of rotatable bonds is 7. The van der Waals surface area contributed by atoms with Gasteiger partial charge in [0.05, 0.1) is 33.8 Å². The molecule has 8 nitrogen and oxygen atoms in total. The number of hydrogen-bond acceptors (Lipinski definition) is 5. The Morgan fingerprint density at radius 3 is 2.05 bits per heavy atom. The van der Waals surface area contributed by atoms with Crippen LogP contribution >= 0.6 is 0 Å². The van der Waals surface area contributed by atoms with E-state index in [1.54, 1.807) is 12.1 Å². The van der Waals surface area contributed by atoms with Crippen LogP contribution in [0.1, 0.15) is 18.0 Å². The van der Waals surface area contributed by atoms with Crippen molar-refractivity contribution < 1.29 is 24.1 Å². The third kappa shape index (κ3) is 4.16. The molecule has 0 bridgehead atoms. The summed E-state index contributed by atoms with van der Waals surface area (Å²) >= 11 is 0. The highest BCUT2D eigenvalue weighted by molar-refractivity contribution is 5.77. The normalized spacial score (nSPS) is 11.4. The largest absolute Gasteiger partial charge is 0.493 e. The zero-order chi connectivity index (χ0) is 16.0. The van der Waals surface area contributed by atoms with Gasteiger partial charge < -0.3 is 30.8 Å². The minimum absolute atomic E-state index is 0.199. The van der Waals surface area contributed by atoms with Gasteiger partial charge in [-0.3, -0.25) is 4.79 Å². The van der Waals surface area contributed by atoms with E-state index in [0.717, 1.165) is 0 Å². The van der Waals surface area contributed by atoms with Crippen molar-refractivity contribution >= 4 is 11.9 Å². The summed E-state index contributed by atoms with van der Waals surface area (Å²) in [6.07, 6.45) is -0.267. The van der Waals surface area contributed by atoms with E-state index in [-0.39, 0.29) is 12.4 Å². The SMILES string of the molecule is COc1cc(C(CC(=O)O)N=C(N)N)cc(OC)c1OC. The summed E-state index contributed by atoms with van der Waals surface area (Å²) in [5.41, 5.74) is 11.2. The number of aliphatic carboxylic acids is 1. The zero-order valence-corrected chi connectivity index (χ0v) is 12.1. The molecule has 0 aliphatic carbocycles. The highest BCUT2D eigenvalue weighted by Crippen LogP contribution is 2.40. The quantitative estimate of drug-likeness (QED) is 0.493. The Kier molecular flexibility index (Phi) is 5.65. The predicted octanol–water partition coefficient (Wildman–Crippen LogP) is 0.502. The van der Waals surface area contributed by atoms with E-state index in [1.165, 1.54) is 21.3 Å². The molecule has 21 heavy (non-hydrogen) atoms. The predicted molar refractivity (Wildman–Crippen MR) is 76.9 cm³/mol. The minimum atomic E-state index is -1.03. The molecule has 8 heteroatoms. The molecule has 5 N–H and O–H groups in total. The van der Waals surface area contributed by atoms with E-state index >= 15 is 0 Å². The number of hydrogen-bond donors (Lipinski definition) is 3. The first-order valence-corrected chi connectivity index (χ1v) is 6.03. The molecule has 1 unspecified atom stereocenters. The topological polar surface area (TPSA) is 129 Å². The molecular formula is C13H19N3O5. The zero-order valence-electron chi connectivity index (χ0n) is 12.1. The average molecular weight is 297 g/mol. The lowest BCUT2D eigenvalue weighted by atomic mass is 10.0. The van der Waals surface area contributed by atoms with Gasteiger partial charge in [0, 0.05) is 0 Å². The summed E-state index contributed by atoms with van der Waals surface area (Å²) in [5, 5.41) is 8.97. The van der Waals surface area contributed by atoms with Gasteiger partial charge in [0.15, 0.2) is 17.5 Å². The van der Waals surface area contributed by atoms with Gasteiger partial charge in [0.2, 0.25) is 5.75 Å². The highest BCUT2D eigenvalue weighted by atomic mass is 16.5. The molecule has 1 aromatic carbocycles. The first-order chi connectivity index (χ1) is 9.92. The molecule has 116 valence electrons. The Hall–Kier alpha value is -2.64. The molecule has 1 aromatic rings. The van der Waals surface area contributed by atoms with Crippen LogP contribution < -0.4 is 25.7 Å². The molecule has 1 rings (SSSR count). The maximum absolute atomic E-state index is 11.0. The second kappa shape index (κ2) is 7.22. The third-order valence-electron chi connectivity index (χ3n) is 2.74. The number of aliphatic imine (C=N–C) groups is 1. The lowest BCUT2D eigenvalue weighted by Gasteiger charge is -2.17. The van der Waals surface area contributed by atoms with Gasteiger partial charge in [-0.25, -0.2) is 4.99 Å². The molecule has 0 spiro atoms. The first kappa shape index (κ1) is 16.4. The Bertz CT molecular complexity index is 516. The number of methoxy groups -OCH3 is 3. The minimum Gasteiger partial charge on any atom is -0.493 e. The molecular weight excluding hydrogens is 278 g/mol. The van der Waals surface area contributed by atoms with Crippen molar-refractivity contribution in [1.82, 2.24) is 0 Å². The molecule has 0 saturated carbocycles. The van der Waals surface area contributed by atoms with Crippen molar-refractivity contribution in [3.8, 4) is 17.2 Å². The Balaban J connectivity index is 3.37.